The lowest BCUT2D eigenvalue weighted by Crippen LogP contribution is -1.99. The molecule has 0 aliphatic rings. The summed E-state index contributed by atoms with van der Waals surface area (Å²) in [6, 6.07) is 7.45. The molecule has 0 fully saturated rings. The van der Waals surface area contributed by atoms with Gasteiger partial charge in [-0.2, -0.15) is 0 Å². The van der Waals surface area contributed by atoms with E-state index in [0.717, 1.165) is 11.3 Å². The molecular formula is C10H13ClO3. The first-order valence-corrected chi connectivity index (χ1v) is 4.07. The summed E-state index contributed by atoms with van der Waals surface area (Å²) in [7, 11) is 1.58. The van der Waals surface area contributed by atoms with Crippen molar-refractivity contribution in [3.05, 3.63) is 29.8 Å². The molecule has 0 aromatic heterocycles. The van der Waals surface area contributed by atoms with Crippen molar-refractivity contribution >= 4 is 18.4 Å². The van der Waals surface area contributed by atoms with Crippen molar-refractivity contribution in [2.75, 3.05) is 7.11 Å². The quantitative estimate of drug-likeness (QED) is 0.839. The van der Waals surface area contributed by atoms with Crippen LogP contribution >= 0.6 is 12.4 Å². The van der Waals surface area contributed by atoms with Gasteiger partial charge in [0.2, 0.25) is 0 Å². The first kappa shape index (κ1) is 12.8. The standard InChI is InChI=1S/C10H12O3.ClH/c1-13-9-5-3-2-4-8(9)6-7-10(11)12;/h2-5H,6-7H2,1H3,(H,11,12);1H. The van der Waals surface area contributed by atoms with E-state index in [2.05, 4.69) is 0 Å². The molecule has 0 amide bonds. The minimum atomic E-state index is -0.786. The topological polar surface area (TPSA) is 46.5 Å². The van der Waals surface area contributed by atoms with Crippen LogP contribution in [0.1, 0.15) is 12.0 Å². The van der Waals surface area contributed by atoms with Crippen molar-refractivity contribution in [3.63, 3.8) is 0 Å². The van der Waals surface area contributed by atoms with Crippen molar-refractivity contribution in [2.24, 2.45) is 0 Å². The molecule has 0 aliphatic heterocycles. The number of carboxylic acid groups (broad SMARTS) is 1. The third-order valence-electron chi connectivity index (χ3n) is 1.80. The lowest BCUT2D eigenvalue weighted by molar-refractivity contribution is -0.136. The van der Waals surface area contributed by atoms with Crippen molar-refractivity contribution in [3.8, 4) is 5.75 Å². The number of carbonyl (C=O) groups is 1. The Labute approximate surface area is 89.1 Å². The van der Waals surface area contributed by atoms with Crippen LogP contribution in [0.2, 0.25) is 0 Å². The molecule has 0 atom stereocenters. The normalized spacial score (nSPS) is 8.93. The van der Waals surface area contributed by atoms with Gasteiger partial charge in [0.25, 0.3) is 0 Å². The molecule has 0 unspecified atom stereocenters. The number of aryl methyl sites for hydroxylation is 1. The van der Waals surface area contributed by atoms with Crippen LogP contribution in [0.3, 0.4) is 0 Å². The molecule has 0 aliphatic carbocycles. The SMILES string of the molecule is COc1ccccc1CCC(=O)O.Cl. The zero-order chi connectivity index (χ0) is 9.68. The van der Waals surface area contributed by atoms with E-state index < -0.39 is 5.97 Å². The lowest BCUT2D eigenvalue weighted by Gasteiger charge is -2.05. The van der Waals surface area contributed by atoms with Crippen LogP contribution in [-0.4, -0.2) is 18.2 Å². The van der Waals surface area contributed by atoms with Crippen molar-refractivity contribution in [1.82, 2.24) is 0 Å². The molecule has 0 radical (unpaired) electrons. The Morgan fingerprint density at radius 1 is 1.43 bits per heavy atom. The van der Waals surface area contributed by atoms with E-state index in [1.165, 1.54) is 0 Å². The van der Waals surface area contributed by atoms with Crippen LogP contribution in [0.4, 0.5) is 0 Å². The highest BCUT2D eigenvalue weighted by Gasteiger charge is 2.03. The molecule has 0 spiro atoms. The van der Waals surface area contributed by atoms with Gasteiger partial charge in [-0.15, -0.1) is 12.4 Å². The largest absolute Gasteiger partial charge is 0.496 e. The van der Waals surface area contributed by atoms with E-state index in [4.69, 9.17) is 9.84 Å². The van der Waals surface area contributed by atoms with Gasteiger partial charge in [0.1, 0.15) is 5.75 Å². The van der Waals surface area contributed by atoms with Crippen LogP contribution in [0.25, 0.3) is 0 Å². The number of aliphatic carboxylic acids is 1. The maximum absolute atomic E-state index is 10.3. The molecule has 78 valence electrons. The van der Waals surface area contributed by atoms with Crippen molar-refractivity contribution < 1.29 is 14.6 Å². The smallest absolute Gasteiger partial charge is 0.303 e. The van der Waals surface area contributed by atoms with Gasteiger partial charge in [-0.1, -0.05) is 18.2 Å². The Bertz CT molecular complexity index is 299. The summed E-state index contributed by atoms with van der Waals surface area (Å²) < 4.78 is 5.08. The van der Waals surface area contributed by atoms with Crippen LogP contribution in [0, 0.1) is 0 Å². The molecule has 14 heavy (non-hydrogen) atoms. The molecule has 0 bridgehead atoms. The third kappa shape index (κ3) is 3.66. The number of carboxylic acids is 1. The maximum atomic E-state index is 10.3. The number of halogens is 1. The van der Waals surface area contributed by atoms with Gasteiger partial charge in [0.05, 0.1) is 7.11 Å². The minimum Gasteiger partial charge on any atom is -0.496 e. The Kier molecular flexibility index (Phi) is 5.72. The predicted octanol–water partition coefficient (Wildman–Crippen LogP) is 2.13. The number of rotatable bonds is 4. The van der Waals surface area contributed by atoms with Crippen LogP contribution < -0.4 is 4.74 Å². The molecule has 0 saturated heterocycles. The summed E-state index contributed by atoms with van der Waals surface area (Å²) in [5.74, 6) is -0.0327. The van der Waals surface area contributed by atoms with Gasteiger partial charge < -0.3 is 9.84 Å². The molecule has 3 nitrogen and oxygen atoms in total. The van der Waals surface area contributed by atoms with E-state index in [9.17, 15) is 4.79 Å². The van der Waals surface area contributed by atoms with Gasteiger partial charge in [0.15, 0.2) is 0 Å². The molecule has 1 rings (SSSR count). The Morgan fingerprint density at radius 3 is 2.64 bits per heavy atom. The third-order valence-corrected chi connectivity index (χ3v) is 1.80. The fraction of sp³-hybridized carbons (Fsp3) is 0.300. The molecule has 0 heterocycles. The predicted molar refractivity (Wildman–Crippen MR) is 56.2 cm³/mol. The van der Waals surface area contributed by atoms with Crippen LogP contribution in [-0.2, 0) is 11.2 Å². The van der Waals surface area contributed by atoms with Gasteiger partial charge >= 0.3 is 5.97 Å². The zero-order valence-electron chi connectivity index (χ0n) is 7.90. The lowest BCUT2D eigenvalue weighted by atomic mass is 10.1. The van der Waals surface area contributed by atoms with E-state index >= 15 is 0 Å². The van der Waals surface area contributed by atoms with E-state index in [1.54, 1.807) is 7.11 Å². The second kappa shape index (κ2) is 6.27. The second-order valence-corrected chi connectivity index (χ2v) is 2.71. The van der Waals surface area contributed by atoms with Gasteiger partial charge in [-0.3, -0.25) is 4.79 Å². The molecular weight excluding hydrogens is 204 g/mol. The highest BCUT2D eigenvalue weighted by molar-refractivity contribution is 5.85. The van der Waals surface area contributed by atoms with Crippen molar-refractivity contribution in [1.29, 1.82) is 0 Å². The average Bonchev–Trinajstić information content (AvgIpc) is 2.15. The highest BCUT2D eigenvalue weighted by atomic mass is 35.5. The first-order chi connectivity index (χ1) is 6.24. The van der Waals surface area contributed by atoms with Gasteiger partial charge in [0, 0.05) is 6.42 Å². The Balaban J connectivity index is 0.00000169. The summed E-state index contributed by atoms with van der Waals surface area (Å²) in [5.41, 5.74) is 0.937. The molecule has 0 saturated carbocycles. The number of para-hydroxylation sites is 1. The van der Waals surface area contributed by atoms with Crippen LogP contribution in [0.15, 0.2) is 24.3 Å². The summed E-state index contributed by atoms with van der Waals surface area (Å²) in [6.45, 7) is 0. The van der Waals surface area contributed by atoms with Crippen LogP contribution in [0.5, 0.6) is 5.75 Å². The monoisotopic (exact) mass is 216 g/mol. The fourth-order valence-electron chi connectivity index (χ4n) is 1.15. The fourth-order valence-corrected chi connectivity index (χ4v) is 1.15. The zero-order valence-corrected chi connectivity index (χ0v) is 8.71. The second-order valence-electron chi connectivity index (χ2n) is 2.71. The summed E-state index contributed by atoms with van der Waals surface area (Å²) in [5, 5.41) is 8.50. The molecule has 4 heteroatoms. The summed E-state index contributed by atoms with van der Waals surface area (Å²) in [4.78, 5) is 10.3. The van der Waals surface area contributed by atoms with E-state index in [1.807, 2.05) is 24.3 Å². The van der Waals surface area contributed by atoms with Gasteiger partial charge in [-0.05, 0) is 18.1 Å². The first-order valence-electron chi connectivity index (χ1n) is 4.07. The summed E-state index contributed by atoms with van der Waals surface area (Å²) in [6.07, 6.45) is 0.652. The maximum Gasteiger partial charge on any atom is 0.303 e. The summed E-state index contributed by atoms with van der Waals surface area (Å²) >= 11 is 0. The Morgan fingerprint density at radius 2 is 2.07 bits per heavy atom. The molecule has 1 aromatic rings. The minimum absolute atomic E-state index is 0. The number of hydrogen-bond donors (Lipinski definition) is 1. The van der Waals surface area contributed by atoms with Crippen molar-refractivity contribution in [2.45, 2.75) is 12.8 Å². The average molecular weight is 217 g/mol. The number of ether oxygens (including phenoxy) is 1. The van der Waals surface area contributed by atoms with E-state index in [0.29, 0.717) is 6.42 Å². The van der Waals surface area contributed by atoms with Gasteiger partial charge in [-0.25, -0.2) is 0 Å². The molecule has 1 aromatic carbocycles. The number of benzene rings is 1. The van der Waals surface area contributed by atoms with E-state index in [-0.39, 0.29) is 18.8 Å². The Hall–Kier alpha value is -1.22. The highest BCUT2D eigenvalue weighted by Crippen LogP contribution is 2.18. The number of methoxy groups -OCH3 is 1. The number of hydrogen-bond acceptors (Lipinski definition) is 2. The molecule has 1 N–H and O–H groups in total.